The zero-order valence-corrected chi connectivity index (χ0v) is 14.8. The quantitative estimate of drug-likeness (QED) is 0.595. The van der Waals surface area contributed by atoms with Gasteiger partial charge in [0.1, 0.15) is 19.2 Å². The smallest absolute Gasteiger partial charge is 0.494 e. The number of ether oxygens (including phenoxy) is 2. The molecular weight excluding hydrogens is 308 g/mol. The number of fused-ring (bicyclic) bond motifs is 1. The molecule has 2 N–H and O–H groups in total. The second-order valence-corrected chi connectivity index (χ2v) is 6.82. The molecule has 1 atom stereocenters. The van der Waals surface area contributed by atoms with Gasteiger partial charge < -0.3 is 24.5 Å². The van der Waals surface area contributed by atoms with Crippen LogP contribution in [0.3, 0.4) is 0 Å². The minimum Gasteiger partial charge on any atom is -0.494 e. The lowest BCUT2D eigenvalue weighted by atomic mass is 9.78. The summed E-state index contributed by atoms with van der Waals surface area (Å²) >= 11 is 0. The fourth-order valence-electron chi connectivity index (χ4n) is 2.50. The average molecular weight is 333 g/mol. The minimum atomic E-state index is -1.05. The van der Waals surface area contributed by atoms with Crippen molar-refractivity contribution in [2.45, 2.75) is 45.2 Å². The predicted octanol–water partition coefficient (Wildman–Crippen LogP) is 0.790. The van der Waals surface area contributed by atoms with E-state index in [0.717, 1.165) is 18.3 Å². The van der Waals surface area contributed by atoms with Crippen molar-refractivity contribution in [2.24, 2.45) is 0 Å². The molecule has 0 bridgehead atoms. The molecule has 1 amide bonds. The molecule has 0 aliphatic carbocycles. The Kier molecular flexibility index (Phi) is 6.18. The van der Waals surface area contributed by atoms with Crippen LogP contribution in [0.4, 0.5) is 4.79 Å². The monoisotopic (exact) mass is 333 g/mol. The summed E-state index contributed by atoms with van der Waals surface area (Å²) < 4.78 is 16.5. The molecule has 130 valence electrons. The Hall–Kier alpha value is -1.66. The molecule has 24 heavy (non-hydrogen) atoms. The zero-order chi connectivity index (χ0) is 17.7. The number of amides is 1. The Morgan fingerprint density at radius 1 is 1.46 bits per heavy atom. The topological polar surface area (TPSA) is 77.0 Å². The molecule has 1 heterocycles. The van der Waals surface area contributed by atoms with Crippen molar-refractivity contribution in [3.8, 4) is 5.75 Å². The number of hydrogen-bond donors (Lipinski definition) is 2. The molecular formula is C16H25B2NO5. The normalized spacial score (nSPS) is 16.7. The van der Waals surface area contributed by atoms with Crippen molar-refractivity contribution in [3.63, 3.8) is 0 Å². The maximum Gasteiger partial charge on any atom is 0.495 e. The summed E-state index contributed by atoms with van der Waals surface area (Å²) in [6.07, 6.45) is 1.04. The largest absolute Gasteiger partial charge is 0.495 e. The van der Waals surface area contributed by atoms with Gasteiger partial charge in [-0.3, -0.25) is 0 Å². The third kappa shape index (κ3) is 4.92. The van der Waals surface area contributed by atoms with Crippen molar-refractivity contribution >= 4 is 26.5 Å². The summed E-state index contributed by atoms with van der Waals surface area (Å²) in [5.74, 6) is 0.633. The number of alkyl carbamates (subject to hydrolysis) is 1. The van der Waals surface area contributed by atoms with Crippen LogP contribution in [0.15, 0.2) is 18.2 Å². The van der Waals surface area contributed by atoms with E-state index in [1.807, 2.05) is 18.2 Å². The second kappa shape index (κ2) is 7.94. The fourth-order valence-corrected chi connectivity index (χ4v) is 2.50. The van der Waals surface area contributed by atoms with Crippen LogP contribution in [0, 0.1) is 0 Å². The van der Waals surface area contributed by atoms with E-state index in [4.69, 9.17) is 14.1 Å². The summed E-state index contributed by atoms with van der Waals surface area (Å²) in [4.78, 5) is 11.8. The van der Waals surface area contributed by atoms with Gasteiger partial charge >= 0.3 is 13.2 Å². The molecule has 1 aromatic carbocycles. The van der Waals surface area contributed by atoms with Crippen molar-refractivity contribution in [3.05, 3.63) is 23.8 Å². The highest BCUT2D eigenvalue weighted by molar-refractivity contribution is 6.62. The lowest BCUT2D eigenvalue weighted by Gasteiger charge is -2.21. The highest BCUT2D eigenvalue weighted by Gasteiger charge is 2.38. The summed E-state index contributed by atoms with van der Waals surface area (Å²) in [6.45, 7) is 6.23. The Bertz CT molecular complexity index is 576. The molecule has 1 aliphatic rings. The standard InChI is InChI=1S/C16H25B2NO5/c1-16(2,3)23-15(20)19-10-13-11-6-4-7-12(22-9-5-8-17)14(11)18(21)24-13/h4,6-7,13,21H,5,8-10,17H2,1-3H3,(H,19,20). The third-order valence-electron chi connectivity index (χ3n) is 3.57. The van der Waals surface area contributed by atoms with Crippen molar-refractivity contribution in [2.75, 3.05) is 13.2 Å². The predicted molar refractivity (Wildman–Crippen MR) is 95.6 cm³/mol. The van der Waals surface area contributed by atoms with E-state index >= 15 is 0 Å². The summed E-state index contributed by atoms with van der Waals surface area (Å²) in [5, 5.41) is 12.9. The lowest BCUT2D eigenvalue weighted by molar-refractivity contribution is 0.0498. The van der Waals surface area contributed by atoms with E-state index in [1.54, 1.807) is 20.8 Å². The number of benzene rings is 1. The maximum absolute atomic E-state index is 11.8. The lowest BCUT2D eigenvalue weighted by Crippen LogP contribution is -2.35. The molecule has 0 aromatic heterocycles. The van der Waals surface area contributed by atoms with Gasteiger partial charge in [-0.1, -0.05) is 18.5 Å². The fraction of sp³-hybridized carbons (Fsp3) is 0.562. The molecule has 8 heteroatoms. The molecule has 0 saturated carbocycles. The highest BCUT2D eigenvalue weighted by Crippen LogP contribution is 2.27. The van der Waals surface area contributed by atoms with Crippen LogP contribution >= 0.6 is 0 Å². The van der Waals surface area contributed by atoms with E-state index in [0.29, 0.717) is 17.8 Å². The SMILES string of the molecule is BCCCOc1cccc2c1B(O)OC2CNC(=O)OC(C)(C)C. The molecule has 1 aromatic rings. The molecule has 6 nitrogen and oxygen atoms in total. The first-order chi connectivity index (χ1) is 11.3. The van der Waals surface area contributed by atoms with E-state index in [1.165, 1.54) is 0 Å². The van der Waals surface area contributed by atoms with Crippen molar-refractivity contribution in [1.29, 1.82) is 0 Å². The highest BCUT2D eigenvalue weighted by atomic mass is 16.6. The van der Waals surface area contributed by atoms with Crippen LogP contribution in [-0.2, 0) is 9.39 Å². The number of rotatable bonds is 6. The molecule has 0 spiro atoms. The minimum absolute atomic E-state index is 0.220. The summed E-state index contributed by atoms with van der Waals surface area (Å²) in [7, 11) is 1.04. The first-order valence-electron chi connectivity index (χ1n) is 8.38. The second-order valence-electron chi connectivity index (χ2n) is 6.82. The van der Waals surface area contributed by atoms with Crippen molar-refractivity contribution in [1.82, 2.24) is 5.32 Å². The van der Waals surface area contributed by atoms with Crippen LogP contribution in [0.1, 0.15) is 38.9 Å². The van der Waals surface area contributed by atoms with Gasteiger partial charge in [-0.2, -0.15) is 0 Å². The van der Waals surface area contributed by atoms with Crippen LogP contribution in [0.2, 0.25) is 6.32 Å². The van der Waals surface area contributed by atoms with E-state index in [2.05, 4.69) is 13.2 Å². The summed E-state index contributed by atoms with van der Waals surface area (Å²) in [5.41, 5.74) is 0.912. The number of carbonyl (C=O) groups is 1. The number of nitrogens with one attached hydrogen (secondary N) is 1. The van der Waals surface area contributed by atoms with Gasteiger partial charge in [0.2, 0.25) is 0 Å². The zero-order valence-electron chi connectivity index (χ0n) is 14.8. The van der Waals surface area contributed by atoms with Gasteiger partial charge in [0.05, 0.1) is 12.7 Å². The molecule has 1 unspecified atom stereocenters. The molecule has 0 saturated heterocycles. The van der Waals surface area contributed by atoms with Crippen LogP contribution in [-0.4, -0.2) is 44.8 Å². The summed E-state index contributed by atoms with van der Waals surface area (Å²) in [6, 6.07) is 5.56. The Labute approximate surface area is 144 Å². The molecule has 0 radical (unpaired) electrons. The van der Waals surface area contributed by atoms with E-state index in [9.17, 15) is 9.82 Å². The van der Waals surface area contributed by atoms with Crippen molar-refractivity contribution < 1.29 is 23.9 Å². The Morgan fingerprint density at radius 2 is 2.21 bits per heavy atom. The first-order valence-corrected chi connectivity index (χ1v) is 8.38. The van der Waals surface area contributed by atoms with Crippen LogP contribution in [0.5, 0.6) is 5.75 Å². The van der Waals surface area contributed by atoms with Gasteiger partial charge in [0.25, 0.3) is 0 Å². The number of carbonyl (C=O) groups excluding carboxylic acids is 1. The van der Waals surface area contributed by atoms with Gasteiger partial charge in [0.15, 0.2) is 0 Å². The third-order valence-corrected chi connectivity index (χ3v) is 3.57. The van der Waals surface area contributed by atoms with Crippen LogP contribution < -0.4 is 15.5 Å². The maximum atomic E-state index is 11.8. The van der Waals surface area contributed by atoms with Gasteiger partial charge in [0, 0.05) is 12.0 Å². The van der Waals surface area contributed by atoms with E-state index in [-0.39, 0.29) is 6.54 Å². The van der Waals surface area contributed by atoms with Crippen LogP contribution in [0.25, 0.3) is 0 Å². The molecule has 2 rings (SSSR count). The van der Waals surface area contributed by atoms with E-state index < -0.39 is 24.9 Å². The molecule has 1 aliphatic heterocycles. The Morgan fingerprint density at radius 3 is 2.88 bits per heavy atom. The van der Waals surface area contributed by atoms with Gasteiger partial charge in [-0.25, -0.2) is 4.79 Å². The first kappa shape index (κ1) is 18.7. The average Bonchev–Trinajstić information content (AvgIpc) is 2.81. The van der Waals surface area contributed by atoms with Gasteiger partial charge in [-0.05, 0) is 38.8 Å². The Balaban J connectivity index is 2.02. The molecule has 0 fully saturated rings. The van der Waals surface area contributed by atoms with Gasteiger partial charge in [-0.15, -0.1) is 0 Å². The number of hydrogen-bond acceptors (Lipinski definition) is 5.